The van der Waals surface area contributed by atoms with Gasteiger partial charge in [0.25, 0.3) is 5.91 Å². The standard InChI is InChI=1S/C27H26BrN3O4S2/c1-18-15-30(16-19(2)35-18)37(33,34)23-11-8-21(9-12-23)26(32)31(17-20-6-4-3-5-7-20)27-29-24-13-10-22(28)14-25(24)36-27/h3-14,18-19H,15-17H2,1-2H3. The smallest absolute Gasteiger partial charge is 0.260 e. The van der Waals surface area contributed by atoms with Crippen LogP contribution in [-0.2, 0) is 21.3 Å². The van der Waals surface area contributed by atoms with Crippen LogP contribution in [0.4, 0.5) is 5.13 Å². The van der Waals surface area contributed by atoms with E-state index in [0.29, 0.717) is 30.3 Å². The average Bonchev–Trinajstić information content (AvgIpc) is 3.30. The van der Waals surface area contributed by atoms with Crippen LogP contribution in [0.2, 0.25) is 0 Å². The van der Waals surface area contributed by atoms with Crippen molar-refractivity contribution in [2.75, 3.05) is 18.0 Å². The summed E-state index contributed by atoms with van der Waals surface area (Å²) in [5.41, 5.74) is 2.16. The molecular formula is C27H26BrN3O4S2. The number of carbonyl (C=O) groups excluding carboxylic acids is 1. The Morgan fingerprint density at radius 3 is 2.41 bits per heavy atom. The van der Waals surface area contributed by atoms with Crippen molar-refractivity contribution in [2.45, 2.75) is 37.5 Å². The van der Waals surface area contributed by atoms with E-state index in [1.165, 1.54) is 27.8 Å². The summed E-state index contributed by atoms with van der Waals surface area (Å²) >= 11 is 4.93. The summed E-state index contributed by atoms with van der Waals surface area (Å²) < 4.78 is 35.5. The number of aromatic nitrogens is 1. The molecule has 0 radical (unpaired) electrons. The molecule has 0 saturated carbocycles. The third-order valence-electron chi connectivity index (χ3n) is 6.12. The Hall–Kier alpha value is -2.63. The molecule has 2 unspecified atom stereocenters. The van der Waals surface area contributed by atoms with Gasteiger partial charge in [-0.1, -0.05) is 57.6 Å². The Morgan fingerprint density at radius 2 is 1.73 bits per heavy atom. The number of hydrogen-bond donors (Lipinski definition) is 0. The highest BCUT2D eigenvalue weighted by molar-refractivity contribution is 9.10. The first-order chi connectivity index (χ1) is 17.7. The highest BCUT2D eigenvalue weighted by Crippen LogP contribution is 2.33. The van der Waals surface area contributed by atoms with E-state index in [1.54, 1.807) is 17.0 Å². The summed E-state index contributed by atoms with van der Waals surface area (Å²) in [5.74, 6) is -0.250. The van der Waals surface area contributed by atoms with Gasteiger partial charge in [-0.2, -0.15) is 4.31 Å². The number of benzene rings is 3. The van der Waals surface area contributed by atoms with Crippen molar-refractivity contribution in [1.29, 1.82) is 0 Å². The van der Waals surface area contributed by atoms with Gasteiger partial charge < -0.3 is 4.74 Å². The molecule has 0 aliphatic carbocycles. The maximum Gasteiger partial charge on any atom is 0.260 e. The molecule has 1 fully saturated rings. The molecule has 1 saturated heterocycles. The second-order valence-electron chi connectivity index (χ2n) is 9.09. The number of thiazole rings is 1. The highest BCUT2D eigenvalue weighted by atomic mass is 79.9. The molecule has 0 bridgehead atoms. The predicted octanol–water partition coefficient (Wildman–Crippen LogP) is 5.70. The van der Waals surface area contributed by atoms with E-state index in [2.05, 4.69) is 15.9 Å². The fourth-order valence-electron chi connectivity index (χ4n) is 4.40. The lowest BCUT2D eigenvalue weighted by atomic mass is 10.1. The van der Waals surface area contributed by atoms with Crippen LogP contribution in [0, 0.1) is 0 Å². The van der Waals surface area contributed by atoms with E-state index in [9.17, 15) is 13.2 Å². The Bertz CT molecular complexity index is 1510. The highest BCUT2D eigenvalue weighted by Gasteiger charge is 2.32. The summed E-state index contributed by atoms with van der Waals surface area (Å²) in [5, 5.41) is 0.579. The van der Waals surface area contributed by atoms with Crippen molar-refractivity contribution >= 4 is 58.5 Å². The SMILES string of the molecule is CC1CN(S(=O)(=O)c2ccc(C(=O)N(Cc3ccccc3)c3nc4ccc(Br)cc4s3)cc2)CC(C)O1. The predicted molar refractivity (Wildman–Crippen MR) is 149 cm³/mol. The van der Waals surface area contributed by atoms with Crippen LogP contribution in [0.25, 0.3) is 10.2 Å². The maximum atomic E-state index is 13.7. The van der Waals surface area contributed by atoms with Crippen LogP contribution in [0.1, 0.15) is 29.8 Å². The first-order valence-electron chi connectivity index (χ1n) is 11.9. The van der Waals surface area contributed by atoms with Gasteiger partial charge in [0.2, 0.25) is 10.0 Å². The molecule has 0 spiro atoms. The third kappa shape index (κ3) is 5.63. The van der Waals surface area contributed by atoms with Crippen LogP contribution in [0.3, 0.4) is 0 Å². The lowest BCUT2D eigenvalue weighted by molar-refractivity contribution is -0.0440. The van der Waals surface area contributed by atoms with Gasteiger partial charge in [-0.15, -0.1) is 0 Å². The number of hydrogen-bond acceptors (Lipinski definition) is 6. The monoisotopic (exact) mass is 599 g/mol. The number of nitrogens with zero attached hydrogens (tertiary/aromatic N) is 3. The number of sulfonamides is 1. The molecule has 0 N–H and O–H groups in total. The molecule has 2 atom stereocenters. The van der Waals surface area contributed by atoms with Crippen LogP contribution in [0.15, 0.2) is 82.2 Å². The number of ether oxygens (including phenoxy) is 1. The molecule has 7 nitrogen and oxygen atoms in total. The Balaban J connectivity index is 1.45. The topological polar surface area (TPSA) is 79.8 Å². The summed E-state index contributed by atoms with van der Waals surface area (Å²) in [4.78, 5) is 20.3. The van der Waals surface area contributed by atoms with E-state index < -0.39 is 10.0 Å². The molecule has 4 aromatic rings. The van der Waals surface area contributed by atoms with E-state index in [0.717, 1.165) is 20.3 Å². The fourth-order valence-corrected chi connectivity index (χ4v) is 7.50. The molecule has 1 aliphatic heterocycles. The molecule has 1 amide bonds. The zero-order valence-electron chi connectivity index (χ0n) is 20.4. The molecule has 192 valence electrons. The third-order valence-corrected chi connectivity index (χ3v) is 9.50. The molecule has 3 aromatic carbocycles. The molecule has 1 aromatic heterocycles. The van der Waals surface area contributed by atoms with Gasteiger partial charge in [-0.05, 0) is 61.9 Å². The summed E-state index contributed by atoms with van der Waals surface area (Å²) in [6.45, 7) is 4.66. The van der Waals surface area contributed by atoms with Crippen molar-refractivity contribution in [3.05, 3.63) is 88.4 Å². The minimum absolute atomic E-state index is 0.157. The summed E-state index contributed by atoms with van der Waals surface area (Å²) in [7, 11) is -3.70. The van der Waals surface area contributed by atoms with Crippen molar-refractivity contribution in [3.63, 3.8) is 0 Å². The van der Waals surface area contributed by atoms with Crippen molar-refractivity contribution in [2.24, 2.45) is 0 Å². The van der Waals surface area contributed by atoms with E-state index in [1.807, 2.05) is 62.4 Å². The second-order valence-corrected chi connectivity index (χ2v) is 13.0. The number of amides is 1. The first-order valence-corrected chi connectivity index (χ1v) is 14.9. The number of rotatable bonds is 6. The van der Waals surface area contributed by atoms with Crippen LogP contribution < -0.4 is 4.90 Å². The van der Waals surface area contributed by atoms with Gasteiger partial charge >= 0.3 is 0 Å². The lowest BCUT2D eigenvalue weighted by Gasteiger charge is -2.34. The number of morpholine rings is 1. The van der Waals surface area contributed by atoms with Crippen LogP contribution in [0.5, 0.6) is 0 Å². The molecule has 2 heterocycles. The van der Waals surface area contributed by atoms with Gasteiger partial charge in [-0.25, -0.2) is 13.4 Å². The van der Waals surface area contributed by atoms with Gasteiger partial charge in [0.15, 0.2) is 5.13 Å². The van der Waals surface area contributed by atoms with Gasteiger partial charge in [0, 0.05) is 23.1 Å². The minimum atomic E-state index is -3.70. The molecule has 1 aliphatic rings. The van der Waals surface area contributed by atoms with E-state index in [4.69, 9.17) is 9.72 Å². The first kappa shape index (κ1) is 26.0. The molecule has 37 heavy (non-hydrogen) atoms. The lowest BCUT2D eigenvalue weighted by Crippen LogP contribution is -2.48. The maximum absolute atomic E-state index is 13.7. The molecule has 10 heteroatoms. The molecule has 5 rings (SSSR count). The number of fused-ring (bicyclic) bond motifs is 1. The zero-order chi connectivity index (χ0) is 26.2. The van der Waals surface area contributed by atoms with E-state index >= 15 is 0 Å². The summed E-state index contributed by atoms with van der Waals surface area (Å²) in [6, 6.07) is 21.7. The number of anilines is 1. The van der Waals surface area contributed by atoms with Crippen molar-refractivity contribution in [1.82, 2.24) is 9.29 Å². The Kier molecular flexibility index (Phi) is 7.46. The number of carbonyl (C=O) groups is 1. The molecular weight excluding hydrogens is 574 g/mol. The Labute approximate surface area is 228 Å². The normalized spacial score (nSPS) is 18.7. The Morgan fingerprint density at radius 1 is 1.05 bits per heavy atom. The summed E-state index contributed by atoms with van der Waals surface area (Å²) in [6.07, 6.45) is -0.360. The van der Waals surface area contributed by atoms with Crippen molar-refractivity contribution in [3.8, 4) is 0 Å². The van der Waals surface area contributed by atoms with Crippen molar-refractivity contribution < 1.29 is 17.9 Å². The van der Waals surface area contributed by atoms with E-state index in [-0.39, 0.29) is 23.0 Å². The average molecular weight is 601 g/mol. The fraction of sp³-hybridized carbons (Fsp3) is 0.259. The quantitative estimate of drug-likeness (QED) is 0.284. The van der Waals surface area contributed by atoms with Gasteiger partial charge in [0.1, 0.15) is 0 Å². The van der Waals surface area contributed by atoms with Gasteiger partial charge in [0.05, 0.1) is 33.9 Å². The van der Waals surface area contributed by atoms with Gasteiger partial charge in [-0.3, -0.25) is 9.69 Å². The second kappa shape index (κ2) is 10.6. The number of halogens is 1. The largest absolute Gasteiger partial charge is 0.373 e. The minimum Gasteiger partial charge on any atom is -0.373 e. The van der Waals surface area contributed by atoms with Crippen LogP contribution >= 0.6 is 27.3 Å². The van der Waals surface area contributed by atoms with Crippen LogP contribution in [-0.4, -0.2) is 48.9 Å². The zero-order valence-corrected chi connectivity index (χ0v) is 23.6.